The van der Waals surface area contributed by atoms with E-state index in [1.165, 1.54) is 0 Å². The molecule has 0 saturated heterocycles. The van der Waals surface area contributed by atoms with Crippen LogP contribution < -0.4 is 4.74 Å². The molecular weight excluding hydrogens is 342 g/mol. The molecule has 0 radical (unpaired) electrons. The number of hydrogen-bond acceptors (Lipinski definition) is 5. The smallest absolute Gasteiger partial charge is 0.226 e. The Bertz CT molecular complexity index is 750. The van der Waals surface area contributed by atoms with Gasteiger partial charge in [-0.2, -0.15) is 4.98 Å². The number of amides is 1. The zero-order valence-corrected chi connectivity index (χ0v) is 16.6. The molecule has 1 heterocycles. The fourth-order valence-corrected chi connectivity index (χ4v) is 3.17. The van der Waals surface area contributed by atoms with Crippen molar-refractivity contribution in [1.29, 1.82) is 0 Å². The van der Waals surface area contributed by atoms with E-state index in [1.54, 1.807) is 7.11 Å². The number of hydrogen-bond donors (Lipinski definition) is 0. The minimum Gasteiger partial charge on any atom is -0.497 e. The molecule has 1 aromatic carbocycles. The molecule has 1 fully saturated rings. The van der Waals surface area contributed by atoms with E-state index in [0.717, 1.165) is 30.6 Å². The van der Waals surface area contributed by atoms with Crippen LogP contribution in [0, 0.1) is 5.92 Å². The van der Waals surface area contributed by atoms with Gasteiger partial charge in [-0.15, -0.1) is 0 Å². The van der Waals surface area contributed by atoms with Crippen LogP contribution in [0.1, 0.15) is 52.3 Å². The fourth-order valence-electron chi connectivity index (χ4n) is 3.17. The maximum atomic E-state index is 12.7. The van der Waals surface area contributed by atoms with Crippen molar-refractivity contribution >= 4 is 5.91 Å². The first kappa shape index (κ1) is 19.4. The summed E-state index contributed by atoms with van der Waals surface area (Å²) in [5.41, 5.74) is 0.882. The zero-order chi connectivity index (χ0) is 19.4. The van der Waals surface area contributed by atoms with Crippen molar-refractivity contribution in [2.24, 2.45) is 5.92 Å². The van der Waals surface area contributed by atoms with Gasteiger partial charge in [0.15, 0.2) is 0 Å². The van der Waals surface area contributed by atoms with Gasteiger partial charge in [-0.05, 0) is 56.4 Å². The number of aryl methyl sites for hydroxylation is 1. The first-order chi connectivity index (χ1) is 13.0. The Morgan fingerprint density at radius 1 is 1.26 bits per heavy atom. The maximum Gasteiger partial charge on any atom is 0.226 e. The quantitative estimate of drug-likeness (QED) is 0.664. The molecule has 0 N–H and O–H groups in total. The third kappa shape index (κ3) is 4.87. The van der Waals surface area contributed by atoms with E-state index in [4.69, 9.17) is 9.26 Å². The summed E-state index contributed by atoms with van der Waals surface area (Å²) in [6, 6.07) is 8.27. The van der Waals surface area contributed by atoms with Gasteiger partial charge in [-0.25, -0.2) is 0 Å². The van der Waals surface area contributed by atoms with E-state index in [1.807, 2.05) is 24.3 Å². The third-order valence-electron chi connectivity index (χ3n) is 5.23. The minimum atomic E-state index is 0.244. The van der Waals surface area contributed by atoms with Crippen molar-refractivity contribution in [3.05, 3.63) is 30.2 Å². The molecule has 1 unspecified atom stereocenters. The first-order valence-corrected chi connectivity index (χ1v) is 9.77. The Hall–Kier alpha value is -2.37. The number of methoxy groups -OCH3 is 1. The van der Waals surface area contributed by atoms with Crippen LogP contribution in [0.25, 0.3) is 11.4 Å². The molecule has 1 amide bonds. The predicted octanol–water partition coefficient (Wildman–Crippen LogP) is 4.10. The molecule has 6 heteroatoms. The Balaban J connectivity index is 1.53. The zero-order valence-electron chi connectivity index (χ0n) is 16.6. The predicted molar refractivity (Wildman–Crippen MR) is 103 cm³/mol. The summed E-state index contributed by atoms with van der Waals surface area (Å²) in [4.78, 5) is 19.2. The Morgan fingerprint density at radius 3 is 2.56 bits per heavy atom. The van der Waals surface area contributed by atoms with Crippen molar-refractivity contribution < 1.29 is 14.1 Å². The first-order valence-electron chi connectivity index (χ1n) is 9.77. The summed E-state index contributed by atoms with van der Waals surface area (Å²) in [6.07, 6.45) is 4.13. The van der Waals surface area contributed by atoms with Crippen LogP contribution in [0.3, 0.4) is 0 Å². The summed E-state index contributed by atoms with van der Waals surface area (Å²) < 4.78 is 10.5. The average Bonchev–Trinajstić information content (AvgIpc) is 3.38. The Morgan fingerprint density at radius 2 is 1.96 bits per heavy atom. The van der Waals surface area contributed by atoms with E-state index >= 15 is 0 Å². The minimum absolute atomic E-state index is 0.244. The van der Waals surface area contributed by atoms with Gasteiger partial charge in [0.2, 0.25) is 17.6 Å². The molecule has 3 rings (SSSR count). The van der Waals surface area contributed by atoms with Crippen LogP contribution >= 0.6 is 0 Å². The average molecular weight is 371 g/mol. The molecule has 1 saturated carbocycles. The molecule has 27 heavy (non-hydrogen) atoms. The molecule has 2 aromatic rings. The van der Waals surface area contributed by atoms with Gasteiger partial charge in [-0.3, -0.25) is 4.79 Å². The number of ether oxygens (including phenoxy) is 1. The molecule has 0 bridgehead atoms. The SMILES string of the molecule is COc1ccc(-c2noc(CCCC(=O)N(C3CC3)C(C)C(C)C)n2)cc1. The highest BCUT2D eigenvalue weighted by molar-refractivity contribution is 5.77. The van der Waals surface area contributed by atoms with Crippen LogP contribution in [0.4, 0.5) is 0 Å². The van der Waals surface area contributed by atoms with Crippen LogP contribution in [-0.4, -0.2) is 40.1 Å². The second-order valence-corrected chi connectivity index (χ2v) is 7.61. The lowest BCUT2D eigenvalue weighted by molar-refractivity contribution is -0.134. The molecule has 1 atom stereocenters. The van der Waals surface area contributed by atoms with Crippen LogP contribution in [0.2, 0.25) is 0 Å². The van der Waals surface area contributed by atoms with Gasteiger partial charge in [0, 0.05) is 30.5 Å². The van der Waals surface area contributed by atoms with Crippen molar-refractivity contribution in [3.63, 3.8) is 0 Å². The summed E-state index contributed by atoms with van der Waals surface area (Å²) in [6.45, 7) is 6.50. The van der Waals surface area contributed by atoms with E-state index in [9.17, 15) is 4.79 Å². The van der Waals surface area contributed by atoms with Gasteiger partial charge in [-0.1, -0.05) is 19.0 Å². The van der Waals surface area contributed by atoms with Gasteiger partial charge in [0.25, 0.3) is 0 Å². The summed E-state index contributed by atoms with van der Waals surface area (Å²) in [5.74, 6) is 2.64. The summed E-state index contributed by atoms with van der Waals surface area (Å²) in [7, 11) is 1.63. The van der Waals surface area contributed by atoms with E-state index in [0.29, 0.717) is 36.5 Å². The molecular formula is C21H29N3O3. The maximum absolute atomic E-state index is 12.7. The van der Waals surface area contributed by atoms with Crippen molar-refractivity contribution in [2.45, 2.75) is 65.0 Å². The molecule has 146 valence electrons. The van der Waals surface area contributed by atoms with Gasteiger partial charge in [0.05, 0.1) is 7.11 Å². The standard InChI is InChI=1S/C21H29N3O3/c1-14(2)15(3)24(17-10-11-17)20(25)7-5-6-19-22-21(23-27-19)16-8-12-18(26-4)13-9-16/h8-9,12-15,17H,5-7,10-11H2,1-4H3. The Kier molecular flexibility index (Phi) is 6.14. The summed E-state index contributed by atoms with van der Waals surface area (Å²) in [5, 5.41) is 4.04. The van der Waals surface area contributed by atoms with Gasteiger partial charge < -0.3 is 14.2 Å². The second kappa shape index (κ2) is 8.55. The number of aromatic nitrogens is 2. The highest BCUT2D eigenvalue weighted by Crippen LogP contribution is 2.31. The summed E-state index contributed by atoms with van der Waals surface area (Å²) >= 11 is 0. The van der Waals surface area contributed by atoms with Crippen molar-refractivity contribution in [2.75, 3.05) is 7.11 Å². The van der Waals surface area contributed by atoms with E-state index < -0.39 is 0 Å². The van der Waals surface area contributed by atoms with Crippen molar-refractivity contribution in [1.82, 2.24) is 15.0 Å². The molecule has 6 nitrogen and oxygen atoms in total. The number of carbonyl (C=O) groups excluding carboxylic acids is 1. The van der Waals surface area contributed by atoms with Crippen LogP contribution in [0.15, 0.2) is 28.8 Å². The molecule has 0 spiro atoms. The van der Waals surface area contributed by atoms with Gasteiger partial charge in [0.1, 0.15) is 5.75 Å². The lowest BCUT2D eigenvalue weighted by Crippen LogP contribution is -2.43. The third-order valence-corrected chi connectivity index (χ3v) is 5.23. The lowest BCUT2D eigenvalue weighted by atomic mass is 10.0. The highest BCUT2D eigenvalue weighted by atomic mass is 16.5. The molecule has 0 aliphatic heterocycles. The second-order valence-electron chi connectivity index (χ2n) is 7.61. The molecule has 1 aliphatic carbocycles. The number of rotatable bonds is 9. The van der Waals surface area contributed by atoms with E-state index in [-0.39, 0.29) is 11.9 Å². The number of nitrogens with zero attached hydrogens (tertiary/aromatic N) is 3. The lowest BCUT2D eigenvalue weighted by Gasteiger charge is -2.32. The topological polar surface area (TPSA) is 68.5 Å². The van der Waals surface area contributed by atoms with Gasteiger partial charge >= 0.3 is 0 Å². The molecule has 1 aromatic heterocycles. The number of benzene rings is 1. The van der Waals surface area contributed by atoms with Crippen molar-refractivity contribution in [3.8, 4) is 17.1 Å². The van der Waals surface area contributed by atoms with E-state index in [2.05, 4.69) is 35.8 Å². The Labute approximate surface area is 160 Å². The highest BCUT2D eigenvalue weighted by Gasteiger charge is 2.36. The molecule has 1 aliphatic rings. The van der Waals surface area contributed by atoms with Crippen LogP contribution in [0.5, 0.6) is 5.75 Å². The largest absolute Gasteiger partial charge is 0.497 e. The fraction of sp³-hybridized carbons (Fsp3) is 0.571. The van der Waals surface area contributed by atoms with Crippen LogP contribution in [-0.2, 0) is 11.2 Å². The number of carbonyl (C=O) groups is 1. The normalized spacial score (nSPS) is 15.0. The monoisotopic (exact) mass is 371 g/mol.